The molecule has 0 unspecified atom stereocenters. The Hall–Kier alpha value is -1.49. The fraction of sp³-hybridized carbons (Fsp3) is 0.611. The lowest BCUT2D eigenvalue weighted by atomic mass is 9.73. The predicted octanol–water partition coefficient (Wildman–Crippen LogP) is 2.23. The van der Waals surface area contributed by atoms with Gasteiger partial charge >= 0.3 is 6.18 Å². The molecule has 28 heavy (non-hydrogen) atoms. The van der Waals surface area contributed by atoms with Crippen LogP contribution in [-0.4, -0.2) is 68.0 Å². The molecule has 4 heterocycles. The van der Waals surface area contributed by atoms with E-state index in [9.17, 15) is 21.6 Å². The van der Waals surface area contributed by atoms with Crippen molar-refractivity contribution in [1.82, 2.24) is 14.2 Å². The first-order valence-corrected chi connectivity index (χ1v) is 10.6. The molecule has 0 atom stereocenters. The molecule has 154 valence electrons. The Kier molecular flexibility index (Phi) is 4.80. The predicted molar refractivity (Wildman–Crippen MR) is 95.9 cm³/mol. The summed E-state index contributed by atoms with van der Waals surface area (Å²) in [6.45, 7) is 7.41. The normalized spacial score (nSPS) is 24.0. The molecule has 0 saturated carbocycles. The van der Waals surface area contributed by atoms with Gasteiger partial charge < -0.3 is 4.74 Å². The lowest BCUT2D eigenvalue weighted by Gasteiger charge is -2.61. The van der Waals surface area contributed by atoms with Gasteiger partial charge in [-0.05, 0) is 31.1 Å². The summed E-state index contributed by atoms with van der Waals surface area (Å²) in [6.07, 6.45) is -1.59. The number of pyridine rings is 1. The van der Waals surface area contributed by atoms with Crippen LogP contribution in [0.5, 0.6) is 0 Å². The number of hydrogen-bond donors (Lipinski definition) is 0. The van der Waals surface area contributed by atoms with Crippen LogP contribution < -0.4 is 0 Å². The first-order valence-electron chi connectivity index (χ1n) is 9.17. The maximum absolute atomic E-state index is 12.9. The summed E-state index contributed by atoms with van der Waals surface area (Å²) >= 11 is 0. The van der Waals surface area contributed by atoms with Gasteiger partial charge in [0.2, 0.25) is 10.0 Å². The molecule has 0 radical (unpaired) electrons. The Balaban J connectivity index is 1.44. The second-order valence-electron chi connectivity index (χ2n) is 7.80. The number of hydrogen-bond acceptors (Lipinski definition) is 5. The molecular weight excluding hydrogens is 395 g/mol. The maximum atomic E-state index is 12.9. The van der Waals surface area contributed by atoms with Crippen molar-refractivity contribution in [1.29, 1.82) is 0 Å². The molecule has 0 bridgehead atoms. The quantitative estimate of drug-likeness (QED) is 0.752. The van der Waals surface area contributed by atoms with E-state index < -0.39 is 21.9 Å². The second kappa shape index (κ2) is 6.79. The molecule has 0 amide bonds. The van der Waals surface area contributed by atoms with Gasteiger partial charge in [0.15, 0.2) is 0 Å². The van der Waals surface area contributed by atoms with Crippen molar-refractivity contribution in [3.05, 3.63) is 30.1 Å². The zero-order valence-corrected chi connectivity index (χ0v) is 16.1. The first-order chi connectivity index (χ1) is 13.1. The number of likely N-dealkylation sites (tertiary alicyclic amines) is 1. The van der Waals surface area contributed by atoms with Crippen molar-refractivity contribution in [3.63, 3.8) is 0 Å². The first kappa shape index (κ1) is 19.8. The van der Waals surface area contributed by atoms with Crippen LogP contribution in [0.15, 0.2) is 23.6 Å². The molecule has 0 aromatic carbocycles. The number of ether oxygens (including phenoxy) is 1. The second-order valence-corrected chi connectivity index (χ2v) is 9.71. The van der Waals surface area contributed by atoms with Crippen molar-refractivity contribution in [2.75, 3.05) is 39.4 Å². The van der Waals surface area contributed by atoms with Gasteiger partial charge in [-0.1, -0.05) is 6.58 Å². The van der Waals surface area contributed by atoms with Crippen molar-refractivity contribution < 1.29 is 26.3 Å². The van der Waals surface area contributed by atoms with Gasteiger partial charge in [0.1, 0.15) is 10.6 Å². The third-order valence-electron chi connectivity index (χ3n) is 5.80. The van der Waals surface area contributed by atoms with Crippen LogP contribution in [-0.2, 0) is 20.9 Å². The van der Waals surface area contributed by atoms with Crippen LogP contribution in [0.25, 0.3) is 6.08 Å². The third kappa shape index (κ3) is 3.36. The molecule has 6 nitrogen and oxygen atoms in total. The van der Waals surface area contributed by atoms with E-state index >= 15 is 0 Å². The Morgan fingerprint density at radius 1 is 1.18 bits per heavy atom. The summed E-state index contributed by atoms with van der Waals surface area (Å²) in [5, 5.41) is 0. The van der Waals surface area contributed by atoms with Crippen LogP contribution >= 0.6 is 0 Å². The van der Waals surface area contributed by atoms with Crippen LogP contribution in [0, 0.1) is 5.41 Å². The van der Waals surface area contributed by atoms with Crippen LogP contribution in [0.1, 0.15) is 24.2 Å². The van der Waals surface area contributed by atoms with Crippen LogP contribution in [0.3, 0.4) is 0 Å². The lowest BCUT2D eigenvalue weighted by molar-refractivity contribution is -0.141. The summed E-state index contributed by atoms with van der Waals surface area (Å²) in [7, 11) is -3.90. The fourth-order valence-electron chi connectivity index (χ4n) is 4.32. The van der Waals surface area contributed by atoms with Crippen molar-refractivity contribution in [3.8, 4) is 0 Å². The molecule has 0 N–H and O–H groups in total. The van der Waals surface area contributed by atoms with Crippen LogP contribution in [0.2, 0.25) is 0 Å². The van der Waals surface area contributed by atoms with Crippen LogP contribution in [0.4, 0.5) is 13.2 Å². The molecule has 1 spiro atoms. The molecule has 0 aliphatic carbocycles. The summed E-state index contributed by atoms with van der Waals surface area (Å²) in [6, 6.07) is 2.17. The van der Waals surface area contributed by atoms with Gasteiger partial charge in [-0.3, -0.25) is 4.90 Å². The minimum absolute atomic E-state index is 0.0426. The van der Waals surface area contributed by atoms with Crippen molar-refractivity contribution in [2.45, 2.75) is 30.0 Å². The van der Waals surface area contributed by atoms with E-state index in [1.54, 1.807) is 0 Å². The molecule has 3 saturated heterocycles. The summed E-state index contributed by atoms with van der Waals surface area (Å²) in [5.74, 6) is 0. The standard InChI is InChI=1S/C18H22F3N3O3S/c1-2-14-15(3-4-16(22-14)18(19,20)21)28(25,26)24-11-17(12-24)9-23(10-17)13-5-7-27-8-6-13/h2-4,13H,1,5-12H2. The van der Waals surface area contributed by atoms with E-state index in [1.807, 2.05) is 0 Å². The Bertz CT molecular complexity index is 868. The zero-order chi connectivity index (χ0) is 20.2. The SMILES string of the molecule is C=Cc1nc(C(F)(F)F)ccc1S(=O)(=O)N1CC2(CN(C3CCOCC3)C2)C1. The monoisotopic (exact) mass is 417 g/mol. The van der Waals surface area contributed by atoms with E-state index in [4.69, 9.17) is 4.74 Å². The largest absolute Gasteiger partial charge is 0.433 e. The topological polar surface area (TPSA) is 62.7 Å². The zero-order valence-electron chi connectivity index (χ0n) is 15.3. The summed E-state index contributed by atoms with van der Waals surface area (Å²) < 4.78 is 71.0. The van der Waals surface area contributed by atoms with Gasteiger partial charge in [-0.2, -0.15) is 17.5 Å². The minimum atomic E-state index is -4.64. The van der Waals surface area contributed by atoms with Crippen molar-refractivity contribution in [2.24, 2.45) is 5.41 Å². The molecule has 1 aromatic heterocycles. The van der Waals surface area contributed by atoms with Gasteiger partial charge in [0.25, 0.3) is 0 Å². The average molecular weight is 417 g/mol. The molecular formula is C18H22F3N3O3S. The number of halogens is 3. The van der Waals surface area contributed by atoms with E-state index in [1.165, 1.54) is 4.31 Å². The van der Waals surface area contributed by atoms with E-state index in [0.717, 1.165) is 51.3 Å². The van der Waals surface area contributed by atoms with E-state index in [0.29, 0.717) is 25.2 Å². The third-order valence-corrected chi connectivity index (χ3v) is 7.63. The highest BCUT2D eigenvalue weighted by atomic mass is 32.2. The molecule has 10 heteroatoms. The molecule has 3 aliphatic rings. The van der Waals surface area contributed by atoms with Gasteiger partial charge in [0.05, 0.1) is 5.69 Å². The summed E-state index contributed by atoms with van der Waals surface area (Å²) in [5.41, 5.74) is -1.44. The smallest absolute Gasteiger partial charge is 0.381 e. The highest BCUT2D eigenvalue weighted by molar-refractivity contribution is 7.89. The lowest BCUT2D eigenvalue weighted by Crippen LogP contribution is -2.74. The Morgan fingerprint density at radius 3 is 2.39 bits per heavy atom. The van der Waals surface area contributed by atoms with Gasteiger partial charge in [0, 0.05) is 50.8 Å². The van der Waals surface area contributed by atoms with E-state index in [2.05, 4.69) is 16.5 Å². The molecule has 4 rings (SSSR count). The Labute approximate surface area is 162 Å². The maximum Gasteiger partial charge on any atom is 0.433 e. The molecule has 3 fully saturated rings. The van der Waals surface area contributed by atoms with Crippen molar-refractivity contribution >= 4 is 16.1 Å². The average Bonchev–Trinajstić information content (AvgIpc) is 2.58. The molecule has 1 aromatic rings. The fourth-order valence-corrected chi connectivity index (χ4v) is 6.12. The number of alkyl halides is 3. The highest BCUT2D eigenvalue weighted by Gasteiger charge is 2.56. The Morgan fingerprint density at radius 2 is 1.82 bits per heavy atom. The van der Waals surface area contributed by atoms with E-state index in [-0.39, 0.29) is 16.0 Å². The summed E-state index contributed by atoms with van der Waals surface area (Å²) in [4.78, 5) is 5.59. The number of nitrogens with zero attached hydrogens (tertiary/aromatic N) is 3. The van der Waals surface area contributed by atoms with Gasteiger partial charge in [-0.25, -0.2) is 13.4 Å². The van der Waals surface area contributed by atoms with Gasteiger partial charge in [-0.15, -0.1) is 0 Å². The highest BCUT2D eigenvalue weighted by Crippen LogP contribution is 2.44. The number of rotatable bonds is 4. The molecule has 3 aliphatic heterocycles. The number of sulfonamides is 1. The minimum Gasteiger partial charge on any atom is -0.381 e. The number of aromatic nitrogens is 1.